The smallest absolute Gasteiger partial charge is 0.194 e. The maximum absolute atomic E-state index is 5.96. The van der Waals surface area contributed by atoms with Crippen LogP contribution in [-0.4, -0.2) is 53.4 Å². The highest BCUT2D eigenvalue weighted by Gasteiger charge is 2.25. The molecule has 2 aliphatic rings. The van der Waals surface area contributed by atoms with Gasteiger partial charge in [-0.3, -0.25) is 9.67 Å². The van der Waals surface area contributed by atoms with E-state index in [0.717, 1.165) is 50.2 Å². The van der Waals surface area contributed by atoms with E-state index < -0.39 is 0 Å². The lowest BCUT2D eigenvalue weighted by Crippen LogP contribution is -2.48. The molecule has 0 amide bonds. The number of nitrogens with zero attached hydrogens (tertiary/aromatic N) is 4. The molecule has 1 unspecified atom stereocenters. The highest BCUT2D eigenvalue weighted by molar-refractivity contribution is 14.0. The molecule has 1 aromatic heterocycles. The lowest BCUT2D eigenvalue weighted by atomic mass is 10.0. The second-order valence-electron chi connectivity index (χ2n) is 7.63. The minimum atomic E-state index is 0. The van der Waals surface area contributed by atoms with Crippen LogP contribution in [0.3, 0.4) is 0 Å². The van der Waals surface area contributed by atoms with Crippen LogP contribution >= 0.6 is 24.0 Å². The van der Waals surface area contributed by atoms with E-state index in [1.165, 1.54) is 44.9 Å². The minimum absolute atomic E-state index is 0. The predicted molar refractivity (Wildman–Crippen MR) is 121 cm³/mol. The lowest BCUT2D eigenvalue weighted by molar-refractivity contribution is -0.00804. The van der Waals surface area contributed by atoms with Gasteiger partial charge in [0.1, 0.15) is 6.10 Å². The maximum atomic E-state index is 5.96. The largest absolute Gasteiger partial charge is 0.370 e. The Labute approximate surface area is 181 Å². The van der Waals surface area contributed by atoms with E-state index in [0.29, 0.717) is 0 Å². The van der Waals surface area contributed by atoms with Crippen LogP contribution in [0.25, 0.3) is 0 Å². The fourth-order valence-electron chi connectivity index (χ4n) is 4.10. The van der Waals surface area contributed by atoms with Gasteiger partial charge in [0.2, 0.25) is 0 Å². The fraction of sp³-hybridized carbons (Fsp3) is 0.800. The third-order valence-corrected chi connectivity index (χ3v) is 5.55. The number of aryl methyl sites for hydroxylation is 1. The summed E-state index contributed by atoms with van der Waals surface area (Å²) in [6, 6.07) is 0. The van der Waals surface area contributed by atoms with Gasteiger partial charge in [0.25, 0.3) is 0 Å². The summed E-state index contributed by atoms with van der Waals surface area (Å²) in [4.78, 5) is 7.22. The van der Waals surface area contributed by atoms with E-state index in [1.54, 1.807) is 0 Å². The topological polar surface area (TPSA) is 54.7 Å². The van der Waals surface area contributed by atoms with Gasteiger partial charge in [0.15, 0.2) is 5.96 Å². The molecule has 0 aromatic carbocycles. The van der Waals surface area contributed by atoms with Crippen molar-refractivity contribution < 1.29 is 4.74 Å². The van der Waals surface area contributed by atoms with Gasteiger partial charge in [-0.1, -0.05) is 38.5 Å². The van der Waals surface area contributed by atoms with Crippen LogP contribution < -0.4 is 5.32 Å². The molecule has 7 heteroatoms. The number of ether oxygens (including phenoxy) is 1. The summed E-state index contributed by atoms with van der Waals surface area (Å²) in [6.45, 7) is 6.41. The van der Waals surface area contributed by atoms with Crippen LogP contribution in [-0.2, 0) is 11.8 Å². The molecule has 27 heavy (non-hydrogen) atoms. The van der Waals surface area contributed by atoms with Gasteiger partial charge < -0.3 is 15.0 Å². The number of unbranched alkanes of at least 4 members (excludes halogenated alkanes) is 1. The van der Waals surface area contributed by atoms with Gasteiger partial charge in [0.05, 0.1) is 19.3 Å². The quantitative estimate of drug-likeness (QED) is 0.275. The third-order valence-electron chi connectivity index (χ3n) is 5.55. The first kappa shape index (κ1) is 22.5. The van der Waals surface area contributed by atoms with Gasteiger partial charge in [-0.25, -0.2) is 0 Å². The Morgan fingerprint density at radius 2 is 2.15 bits per heavy atom. The standard InChI is InChI=1S/C20H35N5O.HI/c1-3-21-20(22-11-7-6-10-17-8-4-5-9-17)25-12-13-26-19(16-25)18-14-23-24(2)15-18;/h14-15,17,19H,3-13,16H2,1-2H3,(H,21,22);1H. The second-order valence-corrected chi connectivity index (χ2v) is 7.63. The number of rotatable bonds is 7. The van der Waals surface area contributed by atoms with Crippen molar-refractivity contribution in [2.24, 2.45) is 18.0 Å². The van der Waals surface area contributed by atoms with E-state index >= 15 is 0 Å². The normalized spacial score (nSPS) is 21.3. The molecule has 154 valence electrons. The van der Waals surface area contributed by atoms with Gasteiger partial charge in [-0.2, -0.15) is 5.10 Å². The zero-order valence-corrected chi connectivity index (χ0v) is 19.2. The van der Waals surface area contributed by atoms with Crippen LogP contribution in [0.5, 0.6) is 0 Å². The summed E-state index contributed by atoms with van der Waals surface area (Å²) in [5, 5.41) is 7.73. The molecule has 1 saturated carbocycles. The molecule has 1 aliphatic carbocycles. The number of nitrogens with one attached hydrogen (secondary N) is 1. The van der Waals surface area contributed by atoms with Crippen molar-refractivity contribution in [2.75, 3.05) is 32.8 Å². The molecule has 1 atom stereocenters. The molecule has 0 spiro atoms. The number of hydrogen-bond donors (Lipinski definition) is 1. The van der Waals surface area contributed by atoms with Crippen molar-refractivity contribution in [2.45, 2.75) is 58.0 Å². The summed E-state index contributed by atoms with van der Waals surface area (Å²) in [6.07, 6.45) is 13.7. The average Bonchev–Trinajstić information content (AvgIpc) is 3.32. The highest BCUT2D eigenvalue weighted by Crippen LogP contribution is 2.28. The Hall–Kier alpha value is -0.830. The first-order valence-electron chi connectivity index (χ1n) is 10.4. The minimum Gasteiger partial charge on any atom is -0.370 e. The van der Waals surface area contributed by atoms with Crippen LogP contribution in [0.2, 0.25) is 0 Å². The van der Waals surface area contributed by atoms with Gasteiger partial charge >= 0.3 is 0 Å². The van der Waals surface area contributed by atoms with Gasteiger partial charge in [-0.15, -0.1) is 24.0 Å². The van der Waals surface area contributed by atoms with Crippen molar-refractivity contribution >= 4 is 29.9 Å². The van der Waals surface area contributed by atoms with Gasteiger partial charge in [0, 0.05) is 38.4 Å². The molecule has 1 saturated heterocycles. The Bertz CT molecular complexity index is 570. The van der Waals surface area contributed by atoms with Crippen molar-refractivity contribution in [3.63, 3.8) is 0 Å². The molecule has 3 rings (SSSR count). The summed E-state index contributed by atoms with van der Waals surface area (Å²) in [7, 11) is 1.95. The lowest BCUT2D eigenvalue weighted by Gasteiger charge is -2.34. The fourth-order valence-corrected chi connectivity index (χ4v) is 4.10. The molecule has 1 aliphatic heterocycles. The third kappa shape index (κ3) is 6.93. The second kappa shape index (κ2) is 11.9. The molecule has 2 heterocycles. The van der Waals surface area contributed by atoms with E-state index in [4.69, 9.17) is 9.73 Å². The van der Waals surface area contributed by atoms with E-state index in [9.17, 15) is 0 Å². The maximum Gasteiger partial charge on any atom is 0.194 e. The monoisotopic (exact) mass is 489 g/mol. The van der Waals surface area contributed by atoms with E-state index in [-0.39, 0.29) is 30.1 Å². The number of morpholine rings is 1. The molecule has 6 nitrogen and oxygen atoms in total. The first-order valence-corrected chi connectivity index (χ1v) is 10.4. The summed E-state index contributed by atoms with van der Waals surface area (Å²) in [5.41, 5.74) is 1.14. The van der Waals surface area contributed by atoms with Crippen molar-refractivity contribution in [1.82, 2.24) is 20.0 Å². The van der Waals surface area contributed by atoms with Crippen LogP contribution in [0.4, 0.5) is 0 Å². The predicted octanol–water partition coefficient (Wildman–Crippen LogP) is 3.74. The molecule has 1 aromatic rings. The van der Waals surface area contributed by atoms with Crippen molar-refractivity contribution in [3.05, 3.63) is 18.0 Å². The number of aliphatic imine (C=N–C) groups is 1. The molecular weight excluding hydrogens is 453 g/mol. The van der Waals surface area contributed by atoms with E-state index in [2.05, 4.69) is 22.2 Å². The van der Waals surface area contributed by atoms with Crippen LogP contribution in [0, 0.1) is 5.92 Å². The number of aromatic nitrogens is 2. The number of guanidine groups is 1. The Morgan fingerprint density at radius 3 is 2.85 bits per heavy atom. The average molecular weight is 489 g/mol. The van der Waals surface area contributed by atoms with E-state index in [1.807, 2.05) is 24.1 Å². The first-order chi connectivity index (χ1) is 12.8. The SMILES string of the molecule is CCNC(=NCCCCC1CCCC1)N1CCOC(c2cnn(C)c2)C1.I. The number of hydrogen-bond acceptors (Lipinski definition) is 3. The van der Waals surface area contributed by atoms with Gasteiger partial charge in [-0.05, 0) is 19.3 Å². The summed E-state index contributed by atoms with van der Waals surface area (Å²) >= 11 is 0. The van der Waals surface area contributed by atoms with Crippen LogP contribution in [0.15, 0.2) is 17.4 Å². The zero-order valence-electron chi connectivity index (χ0n) is 16.9. The summed E-state index contributed by atoms with van der Waals surface area (Å²) < 4.78 is 7.79. The molecule has 1 N–H and O–H groups in total. The highest BCUT2D eigenvalue weighted by atomic mass is 127. The van der Waals surface area contributed by atoms with Crippen molar-refractivity contribution in [1.29, 1.82) is 0 Å². The Kier molecular flexibility index (Phi) is 9.89. The zero-order chi connectivity index (χ0) is 18.2. The summed E-state index contributed by atoms with van der Waals surface area (Å²) in [5.74, 6) is 2.03. The van der Waals surface area contributed by atoms with Crippen LogP contribution in [0.1, 0.15) is 63.5 Å². The molecule has 0 radical (unpaired) electrons. The molecular formula is C20H36IN5O. The Morgan fingerprint density at radius 1 is 1.33 bits per heavy atom. The molecule has 2 fully saturated rings. The Balaban J connectivity index is 0.00000261. The van der Waals surface area contributed by atoms with Crippen molar-refractivity contribution in [3.8, 4) is 0 Å². The molecule has 0 bridgehead atoms. The number of halogens is 1.